The van der Waals surface area contributed by atoms with Crippen molar-refractivity contribution in [3.05, 3.63) is 63.6 Å². The van der Waals surface area contributed by atoms with E-state index in [-0.39, 0.29) is 5.56 Å². The predicted octanol–water partition coefficient (Wildman–Crippen LogP) is 4.44. The molecule has 0 aliphatic carbocycles. The number of hydrogen-bond donors (Lipinski definition) is 1. The highest BCUT2D eigenvalue weighted by Crippen LogP contribution is 2.27. The van der Waals surface area contributed by atoms with Gasteiger partial charge in [0, 0.05) is 16.8 Å². The highest BCUT2D eigenvalue weighted by Gasteiger charge is 2.07. The lowest BCUT2D eigenvalue weighted by Crippen LogP contribution is -2.01. The van der Waals surface area contributed by atoms with Crippen molar-refractivity contribution in [2.24, 2.45) is 4.99 Å². The van der Waals surface area contributed by atoms with Crippen LogP contribution in [0.1, 0.15) is 15.9 Å². The first kappa shape index (κ1) is 13.6. The molecule has 0 radical (unpaired) electrons. The fraction of sp³-hybridized carbons (Fsp3) is 0. The number of aromatic carboxylic acids is 1. The van der Waals surface area contributed by atoms with E-state index in [1.54, 1.807) is 36.4 Å². The van der Waals surface area contributed by atoms with E-state index in [0.29, 0.717) is 21.3 Å². The van der Waals surface area contributed by atoms with Crippen LogP contribution in [-0.2, 0) is 0 Å². The Balaban J connectivity index is 2.35. The number of carboxylic acids is 1. The number of aliphatic imine (C=N–C) groups is 1. The maximum atomic E-state index is 11.0. The van der Waals surface area contributed by atoms with Crippen LogP contribution in [0, 0.1) is 0 Å². The molecule has 0 saturated carbocycles. The second-order valence-electron chi connectivity index (χ2n) is 3.75. The molecule has 2 aromatic rings. The predicted molar refractivity (Wildman–Crippen MR) is 77.1 cm³/mol. The van der Waals surface area contributed by atoms with Gasteiger partial charge in [0.15, 0.2) is 0 Å². The van der Waals surface area contributed by atoms with Crippen molar-refractivity contribution in [3.63, 3.8) is 0 Å². The first-order valence-electron chi connectivity index (χ1n) is 5.39. The van der Waals surface area contributed by atoms with Gasteiger partial charge in [0.05, 0.1) is 16.3 Å². The van der Waals surface area contributed by atoms with Crippen LogP contribution in [0.5, 0.6) is 0 Å². The Morgan fingerprint density at radius 2 is 1.89 bits per heavy atom. The number of carbonyl (C=O) groups is 1. The van der Waals surface area contributed by atoms with Crippen LogP contribution >= 0.6 is 23.2 Å². The van der Waals surface area contributed by atoms with Gasteiger partial charge in [-0.1, -0.05) is 41.4 Å². The summed E-state index contributed by atoms with van der Waals surface area (Å²) in [5.41, 5.74) is 1.24. The quantitative estimate of drug-likeness (QED) is 0.851. The second kappa shape index (κ2) is 5.87. The minimum absolute atomic E-state index is 0.191. The van der Waals surface area contributed by atoms with Gasteiger partial charge in [-0.25, -0.2) is 4.79 Å². The molecule has 3 nitrogen and oxygen atoms in total. The fourth-order valence-electron chi connectivity index (χ4n) is 1.53. The lowest BCUT2D eigenvalue weighted by molar-refractivity contribution is 0.0697. The lowest BCUT2D eigenvalue weighted by Gasteiger charge is -2.01. The Morgan fingerprint density at radius 1 is 1.16 bits per heavy atom. The van der Waals surface area contributed by atoms with Gasteiger partial charge in [0.2, 0.25) is 0 Å². The molecule has 0 spiro atoms. The normalized spacial score (nSPS) is 10.8. The number of nitrogens with zero attached hydrogens (tertiary/aromatic N) is 1. The van der Waals surface area contributed by atoms with Crippen molar-refractivity contribution in [3.8, 4) is 0 Å². The number of halogens is 2. The molecular formula is C14H9Cl2NO2. The third kappa shape index (κ3) is 3.34. The van der Waals surface area contributed by atoms with Gasteiger partial charge in [-0.05, 0) is 24.3 Å². The fourth-order valence-corrected chi connectivity index (χ4v) is 1.99. The second-order valence-corrected chi connectivity index (χ2v) is 4.59. The van der Waals surface area contributed by atoms with Crippen molar-refractivity contribution in [1.29, 1.82) is 0 Å². The van der Waals surface area contributed by atoms with Crippen molar-refractivity contribution >= 4 is 41.1 Å². The zero-order valence-corrected chi connectivity index (χ0v) is 11.2. The Labute approximate surface area is 120 Å². The third-order valence-corrected chi connectivity index (χ3v) is 2.98. The van der Waals surface area contributed by atoms with E-state index in [9.17, 15) is 4.79 Å². The zero-order valence-electron chi connectivity index (χ0n) is 9.68. The van der Waals surface area contributed by atoms with Crippen molar-refractivity contribution in [1.82, 2.24) is 0 Å². The molecule has 2 rings (SSSR count). The van der Waals surface area contributed by atoms with Gasteiger partial charge in [-0.2, -0.15) is 0 Å². The van der Waals surface area contributed by atoms with Gasteiger partial charge >= 0.3 is 5.97 Å². The maximum absolute atomic E-state index is 11.0. The molecule has 96 valence electrons. The third-order valence-electron chi connectivity index (χ3n) is 2.44. The smallest absolute Gasteiger partial charge is 0.336 e. The summed E-state index contributed by atoms with van der Waals surface area (Å²) in [5, 5.41) is 9.99. The molecule has 0 saturated heterocycles. The van der Waals surface area contributed by atoms with E-state index in [4.69, 9.17) is 28.3 Å². The Kier molecular flexibility index (Phi) is 4.20. The summed E-state index contributed by atoms with van der Waals surface area (Å²) in [4.78, 5) is 15.2. The van der Waals surface area contributed by atoms with Gasteiger partial charge in [0.25, 0.3) is 0 Å². The van der Waals surface area contributed by atoms with Crippen LogP contribution in [0.4, 0.5) is 5.69 Å². The monoisotopic (exact) mass is 293 g/mol. The van der Waals surface area contributed by atoms with Gasteiger partial charge in [0.1, 0.15) is 0 Å². The zero-order chi connectivity index (χ0) is 13.8. The minimum Gasteiger partial charge on any atom is -0.478 e. The summed E-state index contributed by atoms with van der Waals surface area (Å²) in [5.74, 6) is -0.996. The molecule has 19 heavy (non-hydrogen) atoms. The van der Waals surface area contributed by atoms with E-state index in [1.807, 2.05) is 0 Å². The first-order chi connectivity index (χ1) is 9.08. The van der Waals surface area contributed by atoms with Crippen molar-refractivity contribution in [2.45, 2.75) is 0 Å². The molecule has 0 fully saturated rings. The van der Waals surface area contributed by atoms with Crippen LogP contribution < -0.4 is 0 Å². The molecule has 2 aromatic carbocycles. The van der Waals surface area contributed by atoms with Gasteiger partial charge < -0.3 is 5.11 Å². The molecule has 5 heteroatoms. The average Bonchev–Trinajstić information content (AvgIpc) is 2.38. The Bertz CT molecular complexity index is 654. The van der Waals surface area contributed by atoms with E-state index in [1.165, 1.54) is 12.3 Å². The Morgan fingerprint density at radius 3 is 2.58 bits per heavy atom. The number of rotatable bonds is 3. The molecule has 0 unspecified atom stereocenters. The molecule has 0 aliphatic rings. The van der Waals surface area contributed by atoms with Crippen molar-refractivity contribution in [2.75, 3.05) is 0 Å². The van der Waals surface area contributed by atoms with Crippen molar-refractivity contribution < 1.29 is 9.90 Å². The standard InChI is InChI=1S/C14H9Cl2NO2/c15-10-5-6-13(12(16)7-10)17-8-9-3-1-2-4-11(9)14(18)19/h1-8H,(H,18,19). The molecule has 0 amide bonds. The van der Waals surface area contributed by atoms with Crippen LogP contribution in [0.3, 0.4) is 0 Å². The van der Waals surface area contributed by atoms with Crippen LogP contribution in [0.25, 0.3) is 0 Å². The minimum atomic E-state index is -0.996. The Hall–Kier alpha value is -1.84. The summed E-state index contributed by atoms with van der Waals surface area (Å²) in [6.45, 7) is 0. The van der Waals surface area contributed by atoms with Crippen LogP contribution in [-0.4, -0.2) is 17.3 Å². The van der Waals surface area contributed by atoms with Crippen LogP contribution in [0.2, 0.25) is 10.0 Å². The van der Waals surface area contributed by atoms with E-state index in [2.05, 4.69) is 4.99 Å². The topological polar surface area (TPSA) is 49.7 Å². The molecule has 0 atom stereocenters. The van der Waals surface area contributed by atoms with Crippen LogP contribution in [0.15, 0.2) is 47.5 Å². The van der Waals surface area contributed by atoms with E-state index < -0.39 is 5.97 Å². The molecule has 0 bridgehead atoms. The summed E-state index contributed by atoms with van der Waals surface area (Å²) >= 11 is 11.8. The summed E-state index contributed by atoms with van der Waals surface area (Å²) in [6.07, 6.45) is 1.47. The van der Waals surface area contributed by atoms with E-state index in [0.717, 1.165) is 0 Å². The number of carboxylic acid groups (broad SMARTS) is 1. The largest absolute Gasteiger partial charge is 0.478 e. The highest BCUT2D eigenvalue weighted by atomic mass is 35.5. The molecule has 0 aromatic heterocycles. The summed E-state index contributed by atoms with van der Waals surface area (Å²) in [7, 11) is 0. The molecule has 1 N–H and O–H groups in total. The average molecular weight is 294 g/mol. The van der Waals surface area contributed by atoms with E-state index >= 15 is 0 Å². The molecule has 0 aliphatic heterocycles. The van der Waals surface area contributed by atoms with Gasteiger partial charge in [-0.15, -0.1) is 0 Å². The SMILES string of the molecule is O=C(O)c1ccccc1C=Nc1ccc(Cl)cc1Cl. The number of benzene rings is 2. The summed E-state index contributed by atoms with van der Waals surface area (Å²) < 4.78 is 0. The number of hydrogen-bond acceptors (Lipinski definition) is 2. The van der Waals surface area contributed by atoms with Gasteiger partial charge in [-0.3, -0.25) is 4.99 Å². The lowest BCUT2D eigenvalue weighted by atomic mass is 10.1. The highest BCUT2D eigenvalue weighted by molar-refractivity contribution is 6.36. The summed E-state index contributed by atoms with van der Waals surface area (Å²) in [6, 6.07) is 11.5. The molecule has 0 heterocycles. The maximum Gasteiger partial charge on any atom is 0.336 e. The first-order valence-corrected chi connectivity index (χ1v) is 6.15. The molecular weight excluding hydrogens is 285 g/mol.